The van der Waals surface area contributed by atoms with Crippen molar-refractivity contribution in [3.63, 3.8) is 0 Å². The van der Waals surface area contributed by atoms with Crippen LogP contribution in [-0.4, -0.2) is 22.8 Å². The summed E-state index contributed by atoms with van der Waals surface area (Å²) in [6.07, 6.45) is 0. The summed E-state index contributed by atoms with van der Waals surface area (Å²) in [7, 11) is 0. The Hall–Kier alpha value is -1.13. The smallest absolute Gasteiger partial charge is 0.127 e. The Morgan fingerprint density at radius 3 is 2.94 bits per heavy atom. The molecule has 0 N–H and O–H groups in total. The van der Waals surface area contributed by atoms with E-state index in [0.29, 0.717) is 25.3 Å². The van der Waals surface area contributed by atoms with Gasteiger partial charge < -0.3 is 9.30 Å². The van der Waals surface area contributed by atoms with E-state index in [4.69, 9.17) is 16.3 Å². The highest BCUT2D eigenvalue weighted by Crippen LogP contribution is 2.24. The molecule has 1 heterocycles. The van der Waals surface area contributed by atoms with Crippen molar-refractivity contribution in [1.29, 1.82) is 0 Å². The van der Waals surface area contributed by atoms with Gasteiger partial charge in [-0.15, -0.1) is 11.6 Å². The molecule has 0 aliphatic carbocycles. The predicted molar refractivity (Wildman–Crippen MR) is 70.5 cm³/mol. The number of hydrogen-bond donors (Lipinski definition) is 0. The van der Waals surface area contributed by atoms with Crippen LogP contribution in [0.25, 0.3) is 11.0 Å². The van der Waals surface area contributed by atoms with Crippen LogP contribution in [0.1, 0.15) is 25.0 Å². The van der Waals surface area contributed by atoms with Gasteiger partial charge in [-0.1, -0.05) is 0 Å². The van der Waals surface area contributed by atoms with Gasteiger partial charge in [0.15, 0.2) is 0 Å². The minimum Gasteiger partial charge on any atom is -0.380 e. The van der Waals surface area contributed by atoms with Gasteiger partial charge in [-0.2, -0.15) is 0 Å². The molecule has 0 fully saturated rings. The van der Waals surface area contributed by atoms with E-state index < -0.39 is 0 Å². The molecular weight excluding hydrogens is 255 g/mol. The van der Waals surface area contributed by atoms with E-state index in [1.807, 2.05) is 18.4 Å². The summed E-state index contributed by atoms with van der Waals surface area (Å²) in [5, 5.41) is -0.220. The van der Waals surface area contributed by atoms with Crippen molar-refractivity contribution in [3.05, 3.63) is 29.8 Å². The summed E-state index contributed by atoms with van der Waals surface area (Å²) >= 11 is 6.11. The molecule has 1 unspecified atom stereocenters. The Kier molecular flexibility index (Phi) is 4.19. The van der Waals surface area contributed by atoms with Crippen LogP contribution in [0.15, 0.2) is 18.2 Å². The molecule has 0 aliphatic heterocycles. The van der Waals surface area contributed by atoms with Crippen LogP contribution in [0.5, 0.6) is 0 Å². The normalized spacial score (nSPS) is 13.1. The number of hydrogen-bond acceptors (Lipinski definition) is 2. The zero-order valence-electron chi connectivity index (χ0n) is 10.5. The van der Waals surface area contributed by atoms with Crippen LogP contribution in [0, 0.1) is 5.82 Å². The maximum atomic E-state index is 13.2. The SMILES string of the molecule is CCOCCn1c(C(C)Cl)nc2cc(F)ccc21. The Labute approximate surface area is 111 Å². The third kappa shape index (κ3) is 2.65. The van der Waals surface area contributed by atoms with Gasteiger partial charge in [0.25, 0.3) is 0 Å². The Morgan fingerprint density at radius 1 is 1.50 bits per heavy atom. The molecule has 5 heteroatoms. The molecule has 1 aromatic heterocycles. The van der Waals surface area contributed by atoms with Crippen LogP contribution in [0.3, 0.4) is 0 Å². The van der Waals surface area contributed by atoms with Crippen LogP contribution in [0.4, 0.5) is 4.39 Å². The van der Waals surface area contributed by atoms with Gasteiger partial charge in [-0.05, 0) is 26.0 Å². The van der Waals surface area contributed by atoms with Crippen LogP contribution >= 0.6 is 11.6 Å². The minimum atomic E-state index is -0.286. The van der Waals surface area contributed by atoms with E-state index in [1.54, 1.807) is 6.07 Å². The molecule has 0 amide bonds. The lowest BCUT2D eigenvalue weighted by Crippen LogP contribution is -2.09. The molecule has 0 bridgehead atoms. The van der Waals surface area contributed by atoms with Crippen molar-refractivity contribution in [2.45, 2.75) is 25.8 Å². The van der Waals surface area contributed by atoms with Crippen LogP contribution in [-0.2, 0) is 11.3 Å². The molecule has 1 aromatic carbocycles. The van der Waals surface area contributed by atoms with E-state index in [0.717, 1.165) is 11.3 Å². The average Bonchev–Trinajstić information content (AvgIpc) is 2.68. The molecule has 2 rings (SSSR count). The van der Waals surface area contributed by atoms with E-state index in [1.165, 1.54) is 12.1 Å². The number of fused-ring (bicyclic) bond motifs is 1. The van der Waals surface area contributed by atoms with Gasteiger partial charge in [0.2, 0.25) is 0 Å². The fourth-order valence-corrected chi connectivity index (χ4v) is 2.13. The number of ether oxygens (including phenoxy) is 1. The number of benzene rings is 1. The second kappa shape index (κ2) is 5.67. The molecule has 0 saturated heterocycles. The van der Waals surface area contributed by atoms with Gasteiger partial charge in [0.05, 0.1) is 23.0 Å². The first-order valence-electron chi connectivity index (χ1n) is 6.01. The van der Waals surface area contributed by atoms with Crippen molar-refractivity contribution in [1.82, 2.24) is 9.55 Å². The van der Waals surface area contributed by atoms with E-state index in [2.05, 4.69) is 4.98 Å². The third-order valence-electron chi connectivity index (χ3n) is 2.76. The van der Waals surface area contributed by atoms with Gasteiger partial charge >= 0.3 is 0 Å². The zero-order valence-corrected chi connectivity index (χ0v) is 11.2. The first kappa shape index (κ1) is 13.3. The molecule has 18 heavy (non-hydrogen) atoms. The summed E-state index contributed by atoms with van der Waals surface area (Å²) in [6.45, 7) is 5.74. The Bertz CT molecular complexity index is 539. The highest BCUT2D eigenvalue weighted by atomic mass is 35.5. The molecular formula is C13H16ClFN2O. The van der Waals surface area contributed by atoms with Gasteiger partial charge in [0.1, 0.15) is 11.6 Å². The van der Waals surface area contributed by atoms with Crippen molar-refractivity contribution in [3.8, 4) is 0 Å². The lowest BCUT2D eigenvalue weighted by molar-refractivity contribution is 0.139. The topological polar surface area (TPSA) is 27.1 Å². The van der Waals surface area contributed by atoms with Crippen LogP contribution < -0.4 is 0 Å². The number of aromatic nitrogens is 2. The monoisotopic (exact) mass is 270 g/mol. The maximum Gasteiger partial charge on any atom is 0.127 e. The van der Waals surface area contributed by atoms with Crippen molar-refractivity contribution >= 4 is 22.6 Å². The second-order valence-electron chi connectivity index (χ2n) is 4.07. The summed E-state index contributed by atoms with van der Waals surface area (Å²) in [5.74, 6) is 0.461. The Balaban J connectivity index is 2.42. The zero-order chi connectivity index (χ0) is 13.1. The first-order chi connectivity index (χ1) is 8.63. The maximum absolute atomic E-state index is 13.2. The number of imidazole rings is 1. The predicted octanol–water partition coefficient (Wildman–Crippen LogP) is 3.51. The summed E-state index contributed by atoms with van der Waals surface area (Å²) in [5.41, 5.74) is 1.52. The molecule has 0 radical (unpaired) electrons. The minimum absolute atomic E-state index is 0.220. The fraction of sp³-hybridized carbons (Fsp3) is 0.462. The highest BCUT2D eigenvalue weighted by Gasteiger charge is 2.15. The molecule has 0 aliphatic rings. The molecule has 1 atom stereocenters. The number of alkyl halides is 1. The second-order valence-corrected chi connectivity index (χ2v) is 4.72. The molecule has 0 spiro atoms. The average molecular weight is 271 g/mol. The van der Waals surface area contributed by atoms with Gasteiger partial charge in [-0.25, -0.2) is 9.37 Å². The van der Waals surface area contributed by atoms with E-state index in [9.17, 15) is 4.39 Å². The molecule has 3 nitrogen and oxygen atoms in total. The lowest BCUT2D eigenvalue weighted by atomic mass is 10.3. The third-order valence-corrected chi connectivity index (χ3v) is 2.95. The number of halogens is 2. The molecule has 2 aromatic rings. The van der Waals surface area contributed by atoms with Crippen molar-refractivity contribution in [2.24, 2.45) is 0 Å². The van der Waals surface area contributed by atoms with Crippen molar-refractivity contribution in [2.75, 3.05) is 13.2 Å². The van der Waals surface area contributed by atoms with Gasteiger partial charge in [-0.3, -0.25) is 0 Å². The Morgan fingerprint density at radius 2 is 2.28 bits per heavy atom. The number of rotatable bonds is 5. The highest BCUT2D eigenvalue weighted by molar-refractivity contribution is 6.20. The largest absolute Gasteiger partial charge is 0.380 e. The summed E-state index contributed by atoms with van der Waals surface area (Å²) < 4.78 is 20.5. The lowest BCUT2D eigenvalue weighted by Gasteiger charge is -2.10. The summed E-state index contributed by atoms with van der Waals surface area (Å²) in [4.78, 5) is 4.39. The number of nitrogens with zero attached hydrogens (tertiary/aromatic N) is 2. The van der Waals surface area contributed by atoms with Crippen molar-refractivity contribution < 1.29 is 9.13 Å². The van der Waals surface area contributed by atoms with Gasteiger partial charge in [0, 0.05) is 19.2 Å². The first-order valence-corrected chi connectivity index (χ1v) is 6.44. The summed E-state index contributed by atoms with van der Waals surface area (Å²) in [6, 6.07) is 4.59. The quantitative estimate of drug-likeness (QED) is 0.614. The van der Waals surface area contributed by atoms with Crippen LogP contribution in [0.2, 0.25) is 0 Å². The molecule has 0 saturated carbocycles. The standard InChI is InChI=1S/C13H16ClFN2O/c1-3-18-7-6-17-12-5-4-10(15)8-11(12)16-13(17)9(2)14/h4-5,8-9H,3,6-7H2,1-2H3. The van der Waals surface area contributed by atoms with E-state index >= 15 is 0 Å². The molecule has 98 valence electrons. The van der Waals surface area contributed by atoms with E-state index in [-0.39, 0.29) is 11.2 Å². The fourth-order valence-electron chi connectivity index (χ4n) is 1.96.